The van der Waals surface area contributed by atoms with Crippen LogP contribution in [0.15, 0.2) is 42.6 Å². The molecule has 8 nitrogen and oxygen atoms in total. The molecule has 1 fully saturated rings. The van der Waals surface area contributed by atoms with Crippen LogP contribution in [0.2, 0.25) is 0 Å². The number of hydrogen-bond acceptors (Lipinski definition) is 8. The predicted molar refractivity (Wildman–Crippen MR) is 118 cm³/mol. The van der Waals surface area contributed by atoms with Crippen LogP contribution in [-0.2, 0) is 16.0 Å². The molecular weight excluding hydrogens is 408 g/mol. The minimum absolute atomic E-state index is 0.0821. The van der Waals surface area contributed by atoms with Gasteiger partial charge in [0, 0.05) is 51.1 Å². The summed E-state index contributed by atoms with van der Waals surface area (Å²) in [6.45, 7) is 5.48. The molecule has 0 radical (unpaired) electrons. The second kappa shape index (κ2) is 8.64. The molecule has 3 aliphatic rings. The van der Waals surface area contributed by atoms with Crippen molar-refractivity contribution >= 4 is 17.5 Å². The van der Waals surface area contributed by atoms with Crippen molar-refractivity contribution in [2.75, 3.05) is 39.8 Å². The van der Waals surface area contributed by atoms with E-state index in [9.17, 15) is 9.59 Å². The number of nitrogens with zero attached hydrogens (tertiary/aromatic N) is 4. The van der Waals surface area contributed by atoms with Crippen molar-refractivity contribution < 1.29 is 19.1 Å². The molecule has 2 aliphatic heterocycles. The van der Waals surface area contributed by atoms with E-state index in [1.165, 1.54) is 11.1 Å². The Hall–Kier alpha value is -3.36. The van der Waals surface area contributed by atoms with Gasteiger partial charge < -0.3 is 19.3 Å². The van der Waals surface area contributed by atoms with Crippen LogP contribution in [0, 0.1) is 0 Å². The fraction of sp³-hybridized carbons (Fsp3) is 0.333. The Morgan fingerprint density at radius 3 is 2.53 bits per heavy atom. The maximum atomic E-state index is 12.1. The molecule has 0 amide bonds. The van der Waals surface area contributed by atoms with Gasteiger partial charge in [-0.2, -0.15) is 4.98 Å². The Balaban J connectivity index is 1.40. The van der Waals surface area contributed by atoms with Gasteiger partial charge in [0.25, 0.3) is 0 Å². The van der Waals surface area contributed by atoms with Crippen molar-refractivity contribution in [1.82, 2.24) is 19.8 Å². The lowest BCUT2D eigenvalue weighted by Crippen LogP contribution is -2.44. The lowest BCUT2D eigenvalue weighted by molar-refractivity contribution is -0.131. The quantitative estimate of drug-likeness (QED) is 0.679. The van der Waals surface area contributed by atoms with Gasteiger partial charge in [0.2, 0.25) is 5.88 Å². The molecule has 5 rings (SSSR count). The Morgan fingerprint density at radius 1 is 0.969 bits per heavy atom. The van der Waals surface area contributed by atoms with Crippen molar-refractivity contribution in [3.05, 3.63) is 53.8 Å². The zero-order valence-electron chi connectivity index (χ0n) is 17.9. The Labute approximate surface area is 186 Å². The number of rotatable bonds is 4. The first-order chi connectivity index (χ1) is 15.6. The average molecular weight is 432 g/mol. The first-order valence-corrected chi connectivity index (χ1v) is 10.8. The molecule has 0 atom stereocenters. The number of allylic oxidation sites excluding steroid dienone is 1. The number of carbonyl (C=O) groups is 2. The van der Waals surface area contributed by atoms with Crippen molar-refractivity contribution in [2.45, 2.75) is 12.8 Å². The maximum absolute atomic E-state index is 12.1. The third-order valence-corrected chi connectivity index (χ3v) is 6.13. The lowest BCUT2D eigenvalue weighted by Gasteiger charge is -2.32. The normalized spacial score (nSPS) is 19.8. The van der Waals surface area contributed by atoms with Crippen LogP contribution in [-0.4, -0.2) is 71.5 Å². The van der Waals surface area contributed by atoms with Gasteiger partial charge in [-0.1, -0.05) is 24.3 Å². The van der Waals surface area contributed by atoms with Gasteiger partial charge in [0.1, 0.15) is 0 Å². The number of carbonyl (C=O) groups excluding carboxylic acids is 2. The first-order valence-electron chi connectivity index (χ1n) is 10.8. The molecule has 0 N–H and O–H groups in total. The summed E-state index contributed by atoms with van der Waals surface area (Å²) in [7, 11) is 2.17. The van der Waals surface area contributed by atoms with Crippen LogP contribution in [0.1, 0.15) is 17.5 Å². The molecule has 2 bridgehead atoms. The van der Waals surface area contributed by atoms with Crippen LogP contribution >= 0.6 is 0 Å². The molecule has 1 saturated heterocycles. The largest absolute Gasteiger partial charge is 0.403 e. The number of esters is 2. The topological polar surface area (TPSA) is 84.9 Å². The molecule has 3 heterocycles. The average Bonchev–Trinajstić information content (AvgIpc) is 3.22. The third-order valence-electron chi connectivity index (χ3n) is 6.13. The third kappa shape index (κ3) is 4.19. The summed E-state index contributed by atoms with van der Waals surface area (Å²) in [4.78, 5) is 36.9. The fourth-order valence-electron chi connectivity index (χ4n) is 4.33. The monoisotopic (exact) mass is 432 g/mol. The van der Waals surface area contributed by atoms with Crippen LogP contribution in [0.25, 0.3) is 16.7 Å². The molecule has 1 aromatic heterocycles. The first kappa shape index (κ1) is 20.5. The molecule has 1 aromatic carbocycles. The van der Waals surface area contributed by atoms with Crippen molar-refractivity contribution in [3.8, 4) is 23.0 Å². The maximum Gasteiger partial charge on any atom is 0.338 e. The number of benzene rings is 1. The minimum atomic E-state index is -0.725. The van der Waals surface area contributed by atoms with Gasteiger partial charge in [-0.15, -0.1) is 0 Å². The molecule has 0 saturated carbocycles. The number of aromatic nitrogens is 2. The predicted octanol–water partition coefficient (Wildman–Crippen LogP) is 2.10. The van der Waals surface area contributed by atoms with E-state index < -0.39 is 11.9 Å². The van der Waals surface area contributed by atoms with Gasteiger partial charge in [-0.25, -0.2) is 14.6 Å². The van der Waals surface area contributed by atoms with E-state index in [1.807, 2.05) is 12.1 Å². The van der Waals surface area contributed by atoms with Gasteiger partial charge in [-0.3, -0.25) is 0 Å². The van der Waals surface area contributed by atoms with Crippen molar-refractivity contribution in [3.63, 3.8) is 0 Å². The fourth-order valence-corrected chi connectivity index (χ4v) is 4.33. The highest BCUT2D eigenvalue weighted by Gasteiger charge is 2.24. The molecule has 1 aliphatic carbocycles. The number of fused-ring (bicyclic) bond motifs is 3. The van der Waals surface area contributed by atoms with E-state index in [0.29, 0.717) is 5.56 Å². The standard InChI is InChI=1S/C24H24N4O4/c1-27-11-13-28(14-12-27)10-9-16-5-6-19-17(16)3-2-4-18(19)20-15-25-24-26-23(20)31-21(29)7-8-22(30)32-24/h2-5,7-8,15H,6,9-14H2,1H3/b8-7-. The Morgan fingerprint density at radius 2 is 1.72 bits per heavy atom. The number of likely N-dealkylation sites (N-methyl/N-ethyl adjacent to an activating group) is 1. The summed E-state index contributed by atoms with van der Waals surface area (Å²) >= 11 is 0. The van der Waals surface area contributed by atoms with Gasteiger partial charge in [-0.05, 0) is 42.2 Å². The van der Waals surface area contributed by atoms with E-state index in [0.717, 1.165) is 68.8 Å². The number of piperazine rings is 1. The van der Waals surface area contributed by atoms with E-state index in [4.69, 9.17) is 9.47 Å². The highest BCUT2D eigenvalue weighted by atomic mass is 16.6. The molecule has 2 aromatic rings. The van der Waals surface area contributed by atoms with E-state index in [-0.39, 0.29) is 11.9 Å². The van der Waals surface area contributed by atoms with E-state index >= 15 is 0 Å². The summed E-state index contributed by atoms with van der Waals surface area (Å²) < 4.78 is 10.4. The van der Waals surface area contributed by atoms with Gasteiger partial charge in [0.05, 0.1) is 5.56 Å². The summed E-state index contributed by atoms with van der Waals surface area (Å²) in [6, 6.07) is 5.97. The molecule has 32 heavy (non-hydrogen) atoms. The van der Waals surface area contributed by atoms with Crippen LogP contribution in [0.4, 0.5) is 0 Å². The van der Waals surface area contributed by atoms with Crippen molar-refractivity contribution in [2.24, 2.45) is 0 Å². The van der Waals surface area contributed by atoms with Crippen LogP contribution in [0.3, 0.4) is 0 Å². The smallest absolute Gasteiger partial charge is 0.338 e. The van der Waals surface area contributed by atoms with E-state index in [2.05, 4.69) is 39.0 Å². The van der Waals surface area contributed by atoms with E-state index in [1.54, 1.807) is 6.20 Å². The van der Waals surface area contributed by atoms with Crippen LogP contribution < -0.4 is 9.47 Å². The molecular formula is C24H24N4O4. The summed E-state index contributed by atoms with van der Waals surface area (Å²) in [5.74, 6) is -1.33. The van der Waals surface area contributed by atoms with Crippen molar-refractivity contribution in [1.29, 1.82) is 0 Å². The molecule has 0 spiro atoms. The number of hydrogen-bond donors (Lipinski definition) is 0. The highest BCUT2D eigenvalue weighted by Crippen LogP contribution is 2.39. The molecule has 8 heteroatoms. The van der Waals surface area contributed by atoms with Gasteiger partial charge in [0.15, 0.2) is 0 Å². The number of ether oxygens (including phenoxy) is 2. The minimum Gasteiger partial charge on any atom is -0.403 e. The second-order valence-electron chi connectivity index (χ2n) is 8.21. The summed E-state index contributed by atoms with van der Waals surface area (Å²) in [5, 5.41) is 0. The Kier molecular flexibility index (Phi) is 5.55. The highest BCUT2D eigenvalue weighted by molar-refractivity contribution is 5.94. The van der Waals surface area contributed by atoms with Crippen LogP contribution in [0.5, 0.6) is 11.9 Å². The second-order valence-corrected chi connectivity index (χ2v) is 8.21. The summed E-state index contributed by atoms with van der Waals surface area (Å²) in [5.41, 5.74) is 5.23. The SMILES string of the molecule is CN1CCN(CCC2=CCc3c2cccc3-c2cnc3nc2OC(=O)/C=C\C(=O)O3)CC1. The Bertz CT molecular complexity index is 1130. The van der Waals surface area contributed by atoms with Gasteiger partial charge >= 0.3 is 17.9 Å². The molecule has 0 unspecified atom stereocenters. The molecule has 164 valence electrons. The zero-order chi connectivity index (χ0) is 22.1. The zero-order valence-corrected chi connectivity index (χ0v) is 17.9. The lowest BCUT2D eigenvalue weighted by atomic mass is 9.95. The summed E-state index contributed by atoms with van der Waals surface area (Å²) in [6.07, 6.45) is 7.65.